The number of hydrogen-bond acceptors (Lipinski definition) is 7. The Hall–Kier alpha value is -2.61. The van der Waals surface area contributed by atoms with Crippen LogP contribution in [0.4, 0.5) is 5.69 Å². The van der Waals surface area contributed by atoms with Crippen LogP contribution in [0.1, 0.15) is 56.4 Å². The van der Waals surface area contributed by atoms with Crippen LogP contribution in [-0.4, -0.2) is 16.1 Å². The lowest BCUT2D eigenvalue weighted by molar-refractivity contribution is -0.114. The summed E-state index contributed by atoms with van der Waals surface area (Å²) in [4.78, 5) is 23.2. The number of carbonyl (C=O) groups excluding carboxylic acids is 1. The van der Waals surface area contributed by atoms with E-state index in [4.69, 9.17) is 8.83 Å². The highest BCUT2D eigenvalue weighted by molar-refractivity contribution is 7.98. The van der Waals surface area contributed by atoms with E-state index in [2.05, 4.69) is 15.5 Å². The molecule has 3 aromatic rings. The minimum absolute atomic E-state index is 0.182. The number of nitrogens with one attached hydrogen (secondary N) is 1. The van der Waals surface area contributed by atoms with Gasteiger partial charge in [-0.15, -0.1) is 10.2 Å². The maximum atomic E-state index is 11.9. The second kappa shape index (κ2) is 8.18. The third-order valence-corrected chi connectivity index (χ3v) is 5.75. The van der Waals surface area contributed by atoms with Crippen LogP contribution >= 0.6 is 11.8 Å². The molecule has 146 valence electrons. The van der Waals surface area contributed by atoms with Crippen LogP contribution in [0, 0.1) is 0 Å². The number of fused-ring (bicyclic) bond motifs is 1. The zero-order valence-electron chi connectivity index (χ0n) is 15.6. The molecule has 0 spiro atoms. The van der Waals surface area contributed by atoms with Crippen molar-refractivity contribution in [3.63, 3.8) is 0 Å². The van der Waals surface area contributed by atoms with Crippen molar-refractivity contribution in [3.8, 4) is 0 Å². The summed E-state index contributed by atoms with van der Waals surface area (Å²) < 4.78 is 11.1. The Labute approximate surface area is 165 Å². The highest BCUT2D eigenvalue weighted by Gasteiger charge is 2.21. The lowest BCUT2D eigenvalue weighted by Crippen LogP contribution is -2.06. The van der Waals surface area contributed by atoms with Crippen molar-refractivity contribution in [3.05, 3.63) is 46.1 Å². The Morgan fingerprint density at radius 2 is 2.00 bits per heavy atom. The van der Waals surface area contributed by atoms with Crippen LogP contribution < -0.4 is 10.9 Å². The van der Waals surface area contributed by atoms with Gasteiger partial charge in [0.2, 0.25) is 11.8 Å². The molecule has 0 bridgehead atoms. The van der Waals surface area contributed by atoms with E-state index in [1.165, 1.54) is 44.0 Å². The van der Waals surface area contributed by atoms with Crippen LogP contribution in [0.3, 0.4) is 0 Å². The van der Waals surface area contributed by atoms with Gasteiger partial charge in [-0.1, -0.05) is 31.0 Å². The van der Waals surface area contributed by atoms with Crippen molar-refractivity contribution in [2.45, 2.75) is 55.9 Å². The van der Waals surface area contributed by atoms with Crippen molar-refractivity contribution in [1.29, 1.82) is 0 Å². The lowest BCUT2D eigenvalue weighted by atomic mass is 9.89. The van der Waals surface area contributed by atoms with E-state index in [-0.39, 0.29) is 5.91 Å². The third kappa shape index (κ3) is 4.27. The molecule has 1 fully saturated rings. The van der Waals surface area contributed by atoms with Gasteiger partial charge >= 0.3 is 5.63 Å². The molecule has 0 radical (unpaired) electrons. The number of rotatable bonds is 5. The molecule has 0 atom stereocenters. The van der Waals surface area contributed by atoms with Crippen molar-refractivity contribution < 1.29 is 13.6 Å². The quantitative estimate of drug-likeness (QED) is 0.499. The van der Waals surface area contributed by atoms with E-state index in [1.807, 2.05) is 6.07 Å². The molecule has 7 nitrogen and oxygen atoms in total. The molecule has 0 aliphatic heterocycles. The number of aromatic nitrogens is 2. The first-order valence-corrected chi connectivity index (χ1v) is 10.4. The molecule has 0 unspecified atom stereocenters. The molecular weight excluding hydrogens is 378 g/mol. The molecule has 1 aliphatic rings. The zero-order chi connectivity index (χ0) is 19.5. The molecule has 4 rings (SSSR count). The first kappa shape index (κ1) is 18.7. The molecule has 1 aliphatic carbocycles. The highest BCUT2D eigenvalue weighted by Crippen LogP contribution is 2.34. The minimum atomic E-state index is -0.434. The summed E-state index contributed by atoms with van der Waals surface area (Å²) >= 11 is 1.41. The van der Waals surface area contributed by atoms with Crippen LogP contribution in [0.15, 0.2) is 43.1 Å². The summed E-state index contributed by atoms with van der Waals surface area (Å²) in [5, 5.41) is 12.4. The summed E-state index contributed by atoms with van der Waals surface area (Å²) in [6.07, 6.45) is 5.91. The fraction of sp³-hybridized carbons (Fsp3) is 0.400. The molecule has 8 heteroatoms. The number of amides is 1. The van der Waals surface area contributed by atoms with E-state index in [0.29, 0.717) is 28.2 Å². The van der Waals surface area contributed by atoms with Gasteiger partial charge in [0.05, 0.1) is 0 Å². The van der Waals surface area contributed by atoms with E-state index >= 15 is 0 Å². The van der Waals surface area contributed by atoms with E-state index in [9.17, 15) is 9.59 Å². The number of anilines is 1. The van der Waals surface area contributed by atoms with Gasteiger partial charge in [0.15, 0.2) is 0 Å². The first-order chi connectivity index (χ1) is 13.6. The number of carbonyl (C=O) groups is 1. The largest absolute Gasteiger partial charge is 0.423 e. The Morgan fingerprint density at radius 3 is 2.79 bits per heavy atom. The number of hydrogen-bond donors (Lipinski definition) is 1. The molecule has 0 saturated heterocycles. The minimum Gasteiger partial charge on any atom is -0.423 e. The smallest absolute Gasteiger partial charge is 0.336 e. The topological polar surface area (TPSA) is 98.2 Å². The second-order valence-electron chi connectivity index (χ2n) is 7.01. The number of benzene rings is 1. The molecule has 2 heterocycles. The van der Waals surface area contributed by atoms with E-state index in [1.54, 1.807) is 12.1 Å². The lowest BCUT2D eigenvalue weighted by Gasteiger charge is -2.17. The van der Waals surface area contributed by atoms with Crippen LogP contribution in [0.25, 0.3) is 11.0 Å². The monoisotopic (exact) mass is 399 g/mol. The molecule has 28 heavy (non-hydrogen) atoms. The average molecular weight is 399 g/mol. The fourth-order valence-corrected chi connectivity index (χ4v) is 4.32. The number of nitrogens with zero attached hydrogens (tertiary/aromatic N) is 2. The molecule has 1 amide bonds. The van der Waals surface area contributed by atoms with Gasteiger partial charge in [-0.2, -0.15) is 0 Å². The molecule has 1 aromatic carbocycles. The highest BCUT2D eigenvalue weighted by atomic mass is 32.2. The summed E-state index contributed by atoms with van der Waals surface area (Å²) in [6, 6.07) is 6.75. The molecule has 2 aromatic heterocycles. The normalized spacial score (nSPS) is 15.0. The summed E-state index contributed by atoms with van der Waals surface area (Å²) in [5.74, 6) is 1.42. The fourth-order valence-electron chi connectivity index (χ4n) is 3.56. The summed E-state index contributed by atoms with van der Waals surface area (Å²) in [6.45, 7) is 1.43. The number of thioether (sulfide) groups is 1. The van der Waals surface area contributed by atoms with Gasteiger partial charge in [0.1, 0.15) is 5.58 Å². The third-order valence-electron chi connectivity index (χ3n) is 4.88. The maximum absolute atomic E-state index is 11.9. The van der Waals surface area contributed by atoms with Gasteiger partial charge in [-0.05, 0) is 30.5 Å². The van der Waals surface area contributed by atoms with Gasteiger partial charge in [0, 0.05) is 41.8 Å². The zero-order valence-corrected chi connectivity index (χ0v) is 16.4. The predicted octanol–water partition coefficient (Wildman–Crippen LogP) is 4.47. The van der Waals surface area contributed by atoms with Crippen molar-refractivity contribution in [2.24, 2.45) is 0 Å². The van der Waals surface area contributed by atoms with Crippen LogP contribution in [0.2, 0.25) is 0 Å². The Bertz CT molecular complexity index is 1050. The van der Waals surface area contributed by atoms with Gasteiger partial charge < -0.3 is 14.2 Å². The summed E-state index contributed by atoms with van der Waals surface area (Å²) in [7, 11) is 0. The predicted molar refractivity (Wildman–Crippen MR) is 106 cm³/mol. The SMILES string of the molecule is CC(=O)Nc1ccc2c(CSc3nnc(C4CCCCC4)o3)cc(=O)oc2c1. The second-order valence-corrected chi connectivity index (χ2v) is 7.94. The van der Waals surface area contributed by atoms with Crippen LogP contribution in [0.5, 0.6) is 0 Å². The van der Waals surface area contributed by atoms with E-state index in [0.717, 1.165) is 29.7 Å². The summed E-state index contributed by atoms with van der Waals surface area (Å²) in [5.41, 5.74) is 1.41. The van der Waals surface area contributed by atoms with Gasteiger partial charge in [0.25, 0.3) is 5.22 Å². The Morgan fingerprint density at radius 1 is 1.18 bits per heavy atom. The average Bonchev–Trinajstić information content (AvgIpc) is 3.15. The molecular formula is C20H21N3O4S. The van der Waals surface area contributed by atoms with E-state index < -0.39 is 5.63 Å². The van der Waals surface area contributed by atoms with Crippen molar-refractivity contribution in [1.82, 2.24) is 10.2 Å². The first-order valence-electron chi connectivity index (χ1n) is 9.39. The van der Waals surface area contributed by atoms with Crippen molar-refractivity contribution >= 4 is 34.3 Å². The Kier molecular flexibility index (Phi) is 5.47. The van der Waals surface area contributed by atoms with Crippen LogP contribution in [-0.2, 0) is 10.5 Å². The Balaban J connectivity index is 1.52. The van der Waals surface area contributed by atoms with Crippen molar-refractivity contribution in [2.75, 3.05) is 5.32 Å². The molecule has 1 N–H and O–H groups in total. The maximum Gasteiger partial charge on any atom is 0.336 e. The molecule has 1 saturated carbocycles. The van der Waals surface area contributed by atoms with Gasteiger partial charge in [-0.3, -0.25) is 4.79 Å². The van der Waals surface area contributed by atoms with Gasteiger partial charge in [-0.25, -0.2) is 4.79 Å². The standard InChI is InChI=1S/C20H21N3O4S/c1-12(24)21-15-7-8-16-14(9-18(25)26-17(16)10-15)11-28-20-23-22-19(27-20)13-5-3-2-4-6-13/h7-10,13H,2-6,11H2,1H3,(H,21,24).